The van der Waals surface area contributed by atoms with Crippen molar-refractivity contribution in [2.45, 2.75) is 233 Å². The van der Waals surface area contributed by atoms with Crippen molar-refractivity contribution in [3.05, 3.63) is 35.9 Å². The Kier molecular flexibility index (Phi) is 49.6. The number of guanidine groups is 6. The highest BCUT2D eigenvalue weighted by Gasteiger charge is 2.45. The largest absolute Gasteiger partial charge is 0.370 e. The molecule has 44 N–H and O–H groups in total. The number of carbonyl (C=O) groups is 14. The van der Waals surface area contributed by atoms with Crippen LogP contribution in [0.2, 0.25) is 0 Å². The van der Waals surface area contributed by atoms with Crippen molar-refractivity contribution in [3.63, 3.8) is 0 Å². The molecule has 744 valence electrons. The molecule has 14 atom stereocenters. The van der Waals surface area contributed by atoms with Crippen molar-refractivity contribution in [2.24, 2.45) is 57.3 Å². The Morgan fingerprint density at radius 1 is 0.331 bits per heavy atom. The number of benzene rings is 1. The molecule has 0 unspecified atom stereocenters. The zero-order valence-corrected chi connectivity index (χ0v) is 76.0. The summed E-state index contributed by atoms with van der Waals surface area (Å²) >= 11 is 0. The quantitative estimate of drug-likeness (QED) is 0.0164. The normalized spacial score (nSPS) is 19.6. The Bertz CT molecular complexity index is 4060. The summed E-state index contributed by atoms with van der Waals surface area (Å²) in [5.74, 6) is -10.9. The predicted octanol–water partition coefficient (Wildman–Crippen LogP) is -12.0. The van der Waals surface area contributed by atoms with E-state index in [1.807, 2.05) is 11.0 Å². The third kappa shape index (κ3) is 43.0. The molecule has 0 bridgehead atoms. The third-order valence-corrected chi connectivity index (χ3v) is 22.8. The summed E-state index contributed by atoms with van der Waals surface area (Å²) in [6.07, 6.45) is 2.74. The summed E-state index contributed by atoms with van der Waals surface area (Å²) in [4.78, 5) is 203. The zero-order chi connectivity index (χ0) is 98.1. The van der Waals surface area contributed by atoms with Gasteiger partial charge in [-0.3, -0.25) is 119 Å². The van der Waals surface area contributed by atoms with Crippen LogP contribution in [0.25, 0.3) is 0 Å². The van der Waals surface area contributed by atoms with Gasteiger partial charge in [-0.1, -0.05) is 30.3 Å². The number of hydrogen-bond donors (Lipinski definition) is 34. The minimum Gasteiger partial charge on any atom is -0.370 e. The molecule has 4 fully saturated rings. The van der Waals surface area contributed by atoms with Gasteiger partial charge in [0.1, 0.15) is 36.3 Å². The Morgan fingerprint density at radius 3 is 0.992 bits per heavy atom. The number of nitrogens with zero attached hydrogens (tertiary/aromatic N) is 4. The van der Waals surface area contributed by atoms with E-state index in [4.69, 9.17) is 89.8 Å². The van der Waals surface area contributed by atoms with E-state index in [1.54, 1.807) is 39.0 Å². The Morgan fingerprint density at radius 2 is 0.647 bits per heavy atom. The first-order valence-electron chi connectivity index (χ1n) is 45.3. The van der Waals surface area contributed by atoms with Gasteiger partial charge < -0.3 is 153 Å². The first kappa shape index (κ1) is 111. The predicted molar refractivity (Wildman–Crippen MR) is 496 cm³/mol. The van der Waals surface area contributed by atoms with Crippen LogP contribution in [0, 0.1) is 32.5 Å². The van der Waals surface area contributed by atoms with Crippen LogP contribution in [0.3, 0.4) is 0 Å². The average molecular weight is 1880 g/mol. The first-order valence-corrected chi connectivity index (χ1v) is 45.3. The van der Waals surface area contributed by atoms with E-state index in [-0.39, 0.29) is 224 Å². The molecular formula is C81H146N38O14. The molecule has 5 rings (SSSR count). The lowest BCUT2D eigenvalue weighted by Crippen LogP contribution is -2.58. The van der Waals surface area contributed by atoms with Crippen molar-refractivity contribution in [3.8, 4) is 0 Å². The van der Waals surface area contributed by atoms with Gasteiger partial charge in [-0.25, -0.2) is 0 Å². The minimum absolute atomic E-state index is 0.00453. The fourth-order valence-electron chi connectivity index (χ4n) is 16.4. The maximum atomic E-state index is 15.0. The molecule has 0 aliphatic carbocycles. The van der Waals surface area contributed by atoms with Gasteiger partial charge in [-0.2, -0.15) is 0 Å². The van der Waals surface area contributed by atoms with Crippen LogP contribution in [-0.2, 0) is 73.5 Å². The molecule has 0 saturated carbocycles. The van der Waals surface area contributed by atoms with Crippen LogP contribution in [0.4, 0.5) is 0 Å². The van der Waals surface area contributed by atoms with Crippen molar-refractivity contribution in [1.82, 2.24) is 115 Å². The van der Waals surface area contributed by atoms with Gasteiger partial charge in [0.05, 0.1) is 30.7 Å². The van der Waals surface area contributed by atoms with Crippen LogP contribution in [0.1, 0.15) is 147 Å². The Balaban J connectivity index is 1.37. The van der Waals surface area contributed by atoms with Crippen molar-refractivity contribution < 1.29 is 67.1 Å². The SMILES string of the molecule is CC(=O)N[C@@H](Cc1ccccc1)C(=O)NCC(=O)N[C@H]1C[C@@H](C(=O)N[C@@H](CCCCN)C(=O)N[C@@H](CCCCN)C(=O)N[C@@H](CCCNC(=N)N)C(=O)N[C@H]2C[C@@H](C(=O)N[C@@H](CCC(N)=O)C(=O)N[C@H]3C[C@@H](C(=O)N[C@@H](CCCNC(=N)N)C(=O)N[C@H]4C[C@@H](C(=O)NCCC(N)=O)N(CCCNC(=N)N)C4)N(CCCNC(=N)N)C3)N(CCCNC(=N)N)C2)N(CCCNC(=N)N)C1. The molecule has 4 aliphatic heterocycles. The van der Waals surface area contributed by atoms with Crippen LogP contribution >= 0.6 is 0 Å². The number of unbranched alkanes of at least 4 members (excludes halogenated alkanes) is 2. The molecule has 0 spiro atoms. The number of nitrogens with two attached hydrogens (primary N) is 10. The highest BCUT2D eigenvalue weighted by atomic mass is 16.2. The lowest BCUT2D eigenvalue weighted by molar-refractivity contribution is -0.135. The van der Waals surface area contributed by atoms with Gasteiger partial charge in [0.2, 0.25) is 82.7 Å². The molecule has 14 amide bonds. The highest BCUT2D eigenvalue weighted by molar-refractivity contribution is 5.97. The molecule has 0 radical (unpaired) electrons. The van der Waals surface area contributed by atoms with Crippen molar-refractivity contribution in [2.75, 3.05) is 118 Å². The van der Waals surface area contributed by atoms with Crippen molar-refractivity contribution in [1.29, 1.82) is 32.5 Å². The van der Waals surface area contributed by atoms with Gasteiger partial charge in [-0.05, 0) is 141 Å². The number of nitrogens with one attached hydrogen (secondary N) is 24. The molecule has 4 aliphatic rings. The minimum atomic E-state index is -1.44. The van der Waals surface area contributed by atoms with Crippen LogP contribution in [0.5, 0.6) is 0 Å². The average Bonchev–Trinajstić information content (AvgIpc) is 1.70. The van der Waals surface area contributed by atoms with Gasteiger partial charge in [0.25, 0.3) is 0 Å². The van der Waals surface area contributed by atoms with E-state index in [1.165, 1.54) is 6.92 Å². The second kappa shape index (κ2) is 59.6. The monoisotopic (exact) mass is 1880 g/mol. The smallest absolute Gasteiger partial charge is 0.243 e. The van der Waals surface area contributed by atoms with E-state index in [0.29, 0.717) is 64.5 Å². The second-order valence-electron chi connectivity index (χ2n) is 33.7. The maximum absolute atomic E-state index is 15.0. The molecule has 0 aromatic heterocycles. The van der Waals surface area contributed by atoms with Crippen LogP contribution in [-0.4, -0.2) is 340 Å². The summed E-state index contributed by atoms with van der Waals surface area (Å²) in [5, 5.41) is 96.6. The van der Waals surface area contributed by atoms with E-state index < -0.39 is 174 Å². The summed E-state index contributed by atoms with van der Waals surface area (Å²) in [6.45, 7) is 3.72. The highest BCUT2D eigenvalue weighted by Crippen LogP contribution is 2.25. The molecule has 1 aromatic carbocycles. The summed E-state index contributed by atoms with van der Waals surface area (Å²) in [5.41, 5.74) is 57.2. The number of amides is 14. The molecule has 52 heteroatoms. The van der Waals surface area contributed by atoms with Gasteiger partial charge in [-0.15, -0.1) is 0 Å². The number of hydrogen-bond acceptors (Lipinski definition) is 26. The first-order chi connectivity index (χ1) is 63.3. The third-order valence-electron chi connectivity index (χ3n) is 22.8. The van der Waals surface area contributed by atoms with Crippen molar-refractivity contribution >= 4 is 118 Å². The fraction of sp³-hybridized carbons (Fsp3) is 0.679. The van der Waals surface area contributed by atoms with E-state index >= 15 is 4.79 Å². The lowest BCUT2D eigenvalue weighted by Gasteiger charge is -2.28. The summed E-state index contributed by atoms with van der Waals surface area (Å²) < 4.78 is 0. The molecule has 4 heterocycles. The maximum Gasteiger partial charge on any atom is 0.243 e. The van der Waals surface area contributed by atoms with E-state index in [2.05, 4.69) is 95.7 Å². The number of primary amides is 2. The number of likely N-dealkylation sites (tertiary alicyclic amines) is 4. The van der Waals surface area contributed by atoms with Crippen LogP contribution < -0.4 is 153 Å². The zero-order valence-electron chi connectivity index (χ0n) is 76.0. The topological polar surface area (TPSA) is 872 Å². The van der Waals surface area contributed by atoms with Gasteiger partial charge >= 0.3 is 0 Å². The Hall–Kier alpha value is -12.8. The Labute approximate surface area is 773 Å². The summed E-state index contributed by atoms with van der Waals surface area (Å²) in [7, 11) is 0. The molecular weight excluding hydrogens is 1730 g/mol. The molecule has 1 aromatic rings. The molecule has 133 heavy (non-hydrogen) atoms. The molecule has 4 saturated heterocycles. The van der Waals surface area contributed by atoms with Gasteiger partial charge in [0.15, 0.2) is 35.8 Å². The van der Waals surface area contributed by atoms with E-state index in [0.717, 1.165) is 5.56 Å². The summed E-state index contributed by atoms with van der Waals surface area (Å²) in [6, 6.07) is -5.40. The molecule has 52 nitrogen and oxygen atoms in total. The van der Waals surface area contributed by atoms with Gasteiger partial charge in [0, 0.05) is 149 Å². The lowest BCUT2D eigenvalue weighted by atomic mass is 10.0. The number of rotatable bonds is 62. The number of carbonyl (C=O) groups excluding carboxylic acids is 14. The fourth-order valence-corrected chi connectivity index (χ4v) is 16.4. The standard InChI is InChI=1S/C81H146N38O14/c1-47(120)106-58(37-48-15-3-2-4-16-48)66(124)105-42-65(123)107-49-38-60(117(43-49)34-12-29-102-79(92)93)73(131)113-54(18-6-8-25-83)71(129)111-53(17-5-7-24-82)70(128)112-55(19-9-26-99-76(86)87)67(125)109-51-40-62(119(45-51)36-14-31-104-81(96)97)75(133)115-57(21-22-63(84)121)69(127)110-52-41-61(118(46-52)35-13-30-103-80(94)95)74(132)114-56(20-10-27-100-77(88)89)68(126)108-50-39-59(72(130)98-32-23-64(85)122)116(44-50)33-11-28-101-78(90)91/h2-4,15-16,49-62H,5-14,17-46,82-83H2,1H3,(H2,84,121)(H2,85,122)(H,98,130)(H,105,124)(H,106,120)(H,107,123)(H,108,126)(H,109,125)(H,110,127)(H,111,129)(H,112,128)(H,113,131)(H,114,132)(H,115,133)(H4,86,87,99)(H4,88,89,100)(H4,90,91,101)(H4,92,93,102)(H4,94,95,103)(H4,96,97,104)/t49-,50-,51-,52-,53-,54-,55-,56-,57-,58-,59-,60-,61-,62-/m0/s1. The van der Waals surface area contributed by atoms with E-state index in [9.17, 15) is 62.3 Å². The second-order valence-corrected chi connectivity index (χ2v) is 33.7. The van der Waals surface area contributed by atoms with Crippen LogP contribution in [0.15, 0.2) is 30.3 Å².